The lowest BCUT2D eigenvalue weighted by Crippen LogP contribution is -2.14. The van der Waals surface area contributed by atoms with Crippen LogP contribution < -0.4 is 0 Å². The molecule has 1 aliphatic rings. The van der Waals surface area contributed by atoms with Crippen molar-refractivity contribution < 1.29 is 14.6 Å². The van der Waals surface area contributed by atoms with Crippen molar-refractivity contribution in [2.75, 3.05) is 19.8 Å². The predicted molar refractivity (Wildman–Crippen MR) is 54.1 cm³/mol. The molecular formula is C11H18O3. The number of hydrogen-bond donors (Lipinski definition) is 1. The minimum Gasteiger partial charge on any atom is -0.396 e. The number of epoxide rings is 1. The van der Waals surface area contributed by atoms with Crippen LogP contribution in [0.1, 0.15) is 19.8 Å². The van der Waals surface area contributed by atoms with Crippen LogP contribution in [0.5, 0.6) is 0 Å². The van der Waals surface area contributed by atoms with Crippen LogP contribution >= 0.6 is 0 Å². The molecule has 1 fully saturated rings. The van der Waals surface area contributed by atoms with E-state index < -0.39 is 0 Å². The minimum atomic E-state index is -0.0688. The Morgan fingerprint density at radius 2 is 2.50 bits per heavy atom. The van der Waals surface area contributed by atoms with Gasteiger partial charge in [-0.1, -0.05) is 6.58 Å². The highest BCUT2D eigenvalue weighted by molar-refractivity contribution is 4.98. The third-order valence-electron chi connectivity index (χ3n) is 2.48. The van der Waals surface area contributed by atoms with Crippen LogP contribution in [0, 0.1) is 0 Å². The standard InChI is InChI=1S/C11H18O3/c1-3-4-8-13-9-10-11(2,14-10)6-5-7-12/h4,10,12H,1,5-9H2,2H3. The quantitative estimate of drug-likeness (QED) is 0.380. The lowest BCUT2D eigenvalue weighted by atomic mass is 10.0. The highest BCUT2D eigenvalue weighted by atomic mass is 16.6. The van der Waals surface area contributed by atoms with Gasteiger partial charge >= 0.3 is 0 Å². The molecule has 3 nitrogen and oxygen atoms in total. The summed E-state index contributed by atoms with van der Waals surface area (Å²) in [6.07, 6.45) is 3.62. The fraction of sp³-hybridized carbons (Fsp3) is 0.727. The Bertz CT molecular complexity index is 221. The summed E-state index contributed by atoms with van der Waals surface area (Å²) in [5, 5.41) is 8.68. The van der Waals surface area contributed by atoms with Gasteiger partial charge < -0.3 is 14.6 Å². The molecule has 0 radical (unpaired) electrons. The highest BCUT2D eigenvalue weighted by Gasteiger charge is 2.51. The van der Waals surface area contributed by atoms with Crippen LogP contribution in [-0.4, -0.2) is 36.6 Å². The highest BCUT2D eigenvalue weighted by Crippen LogP contribution is 2.40. The Morgan fingerprint density at radius 3 is 3.14 bits per heavy atom. The molecule has 3 heteroatoms. The van der Waals surface area contributed by atoms with E-state index in [4.69, 9.17) is 14.6 Å². The minimum absolute atomic E-state index is 0.0688. The molecule has 1 aliphatic heterocycles. The van der Waals surface area contributed by atoms with Gasteiger partial charge in [-0.05, 0) is 25.8 Å². The van der Waals surface area contributed by atoms with Gasteiger partial charge in [-0.15, -0.1) is 5.73 Å². The first-order valence-corrected chi connectivity index (χ1v) is 4.93. The van der Waals surface area contributed by atoms with Crippen LogP contribution in [0.3, 0.4) is 0 Å². The van der Waals surface area contributed by atoms with Crippen molar-refractivity contribution in [3.8, 4) is 0 Å². The third kappa shape index (κ3) is 3.28. The average Bonchev–Trinajstić information content (AvgIpc) is 2.82. The van der Waals surface area contributed by atoms with E-state index in [1.54, 1.807) is 6.08 Å². The van der Waals surface area contributed by atoms with Gasteiger partial charge in [0.25, 0.3) is 0 Å². The Morgan fingerprint density at radius 1 is 1.71 bits per heavy atom. The smallest absolute Gasteiger partial charge is 0.110 e. The summed E-state index contributed by atoms with van der Waals surface area (Å²) in [5.41, 5.74) is 2.57. The number of ether oxygens (including phenoxy) is 2. The molecule has 0 aromatic rings. The lowest BCUT2D eigenvalue weighted by molar-refractivity contribution is 0.140. The molecule has 1 N–H and O–H groups in total. The summed E-state index contributed by atoms with van der Waals surface area (Å²) in [6.45, 7) is 6.88. The number of rotatable bonds is 7. The van der Waals surface area contributed by atoms with Gasteiger partial charge in [0, 0.05) is 6.61 Å². The fourth-order valence-corrected chi connectivity index (χ4v) is 1.44. The number of aliphatic hydroxyl groups excluding tert-OH is 1. The Balaban J connectivity index is 2.08. The van der Waals surface area contributed by atoms with Crippen molar-refractivity contribution in [1.29, 1.82) is 0 Å². The summed E-state index contributed by atoms with van der Waals surface area (Å²) in [4.78, 5) is 0. The summed E-state index contributed by atoms with van der Waals surface area (Å²) >= 11 is 0. The number of hydrogen-bond acceptors (Lipinski definition) is 3. The van der Waals surface area contributed by atoms with Gasteiger partial charge in [-0.25, -0.2) is 0 Å². The first-order chi connectivity index (χ1) is 6.73. The van der Waals surface area contributed by atoms with Crippen LogP contribution in [0.15, 0.2) is 18.4 Å². The molecule has 0 aromatic heterocycles. The number of aliphatic hydroxyl groups is 1. The molecule has 2 unspecified atom stereocenters. The van der Waals surface area contributed by atoms with Gasteiger partial charge in [-0.2, -0.15) is 0 Å². The van der Waals surface area contributed by atoms with Crippen molar-refractivity contribution in [2.24, 2.45) is 0 Å². The zero-order chi connectivity index (χ0) is 10.4. The van der Waals surface area contributed by atoms with Crippen LogP contribution in [0.4, 0.5) is 0 Å². The molecule has 1 rings (SSSR count). The normalized spacial score (nSPS) is 29.7. The zero-order valence-corrected chi connectivity index (χ0v) is 8.66. The molecule has 0 amide bonds. The molecule has 0 spiro atoms. The molecule has 2 atom stereocenters. The molecule has 0 bridgehead atoms. The average molecular weight is 198 g/mol. The molecule has 0 aliphatic carbocycles. The molecule has 80 valence electrons. The van der Waals surface area contributed by atoms with E-state index in [1.807, 2.05) is 0 Å². The van der Waals surface area contributed by atoms with Gasteiger partial charge in [0.05, 0.1) is 18.8 Å². The Kier molecular flexibility index (Phi) is 4.36. The van der Waals surface area contributed by atoms with E-state index in [0.29, 0.717) is 13.2 Å². The molecule has 0 saturated carbocycles. The Hall–Kier alpha value is -0.600. The molecular weight excluding hydrogens is 180 g/mol. The molecule has 1 heterocycles. The summed E-state index contributed by atoms with van der Waals surface area (Å²) < 4.78 is 10.8. The van der Waals surface area contributed by atoms with Gasteiger partial charge in [-0.3, -0.25) is 0 Å². The third-order valence-corrected chi connectivity index (χ3v) is 2.48. The summed E-state index contributed by atoms with van der Waals surface area (Å²) in [5.74, 6) is 0. The Labute approximate surface area is 85.0 Å². The second kappa shape index (κ2) is 5.32. The summed E-state index contributed by atoms with van der Waals surface area (Å²) in [7, 11) is 0. The van der Waals surface area contributed by atoms with Crippen molar-refractivity contribution in [3.05, 3.63) is 18.4 Å². The van der Waals surface area contributed by atoms with Gasteiger partial charge in [0.2, 0.25) is 0 Å². The largest absolute Gasteiger partial charge is 0.396 e. The van der Waals surface area contributed by atoms with Crippen LogP contribution in [0.25, 0.3) is 0 Å². The van der Waals surface area contributed by atoms with Crippen molar-refractivity contribution in [3.63, 3.8) is 0 Å². The molecule has 1 saturated heterocycles. The zero-order valence-electron chi connectivity index (χ0n) is 8.66. The second-order valence-corrected chi connectivity index (χ2v) is 3.69. The molecule has 0 aromatic carbocycles. The van der Waals surface area contributed by atoms with Crippen molar-refractivity contribution >= 4 is 0 Å². The summed E-state index contributed by atoms with van der Waals surface area (Å²) in [6, 6.07) is 0. The topological polar surface area (TPSA) is 42.0 Å². The van der Waals surface area contributed by atoms with E-state index in [1.165, 1.54) is 0 Å². The predicted octanol–water partition coefficient (Wildman–Crippen LogP) is 1.27. The van der Waals surface area contributed by atoms with Crippen LogP contribution in [-0.2, 0) is 9.47 Å². The van der Waals surface area contributed by atoms with E-state index in [9.17, 15) is 0 Å². The monoisotopic (exact) mass is 198 g/mol. The molecule has 14 heavy (non-hydrogen) atoms. The van der Waals surface area contributed by atoms with Gasteiger partial charge in [0.1, 0.15) is 6.10 Å². The van der Waals surface area contributed by atoms with Crippen LogP contribution in [0.2, 0.25) is 0 Å². The first kappa shape index (κ1) is 11.5. The van der Waals surface area contributed by atoms with E-state index in [0.717, 1.165) is 12.8 Å². The van der Waals surface area contributed by atoms with Gasteiger partial charge in [0.15, 0.2) is 0 Å². The maximum Gasteiger partial charge on any atom is 0.110 e. The first-order valence-electron chi connectivity index (χ1n) is 4.93. The SMILES string of the molecule is C=C=CCOCC1OC1(C)CCCO. The second-order valence-electron chi connectivity index (χ2n) is 3.69. The van der Waals surface area contributed by atoms with E-state index >= 15 is 0 Å². The van der Waals surface area contributed by atoms with Crippen molar-refractivity contribution in [1.82, 2.24) is 0 Å². The van der Waals surface area contributed by atoms with E-state index in [-0.39, 0.29) is 18.3 Å². The van der Waals surface area contributed by atoms with E-state index in [2.05, 4.69) is 19.2 Å². The maximum atomic E-state index is 8.68. The van der Waals surface area contributed by atoms with Crippen molar-refractivity contribution in [2.45, 2.75) is 31.5 Å². The lowest BCUT2D eigenvalue weighted by Gasteiger charge is -2.04. The maximum absolute atomic E-state index is 8.68. The fourth-order valence-electron chi connectivity index (χ4n) is 1.44.